The fourth-order valence-corrected chi connectivity index (χ4v) is 7.78. The number of carbonyl (C=O) groups excluding carboxylic acids is 1. The Morgan fingerprint density at radius 1 is 0.607 bits per heavy atom. The Kier molecular flexibility index (Phi) is 41.3. The van der Waals surface area contributed by atoms with E-state index in [9.17, 15) is 24.5 Å². The van der Waals surface area contributed by atoms with E-state index in [-0.39, 0.29) is 19.6 Å². The molecule has 4 atom stereocenters. The van der Waals surface area contributed by atoms with Crippen LogP contribution >= 0.6 is 7.82 Å². The molecule has 0 spiro atoms. The molecule has 4 unspecified atom stereocenters. The van der Waals surface area contributed by atoms with Gasteiger partial charge < -0.3 is 26.2 Å². The van der Waals surface area contributed by atoms with E-state index in [1.54, 1.807) is 6.08 Å². The molecule has 0 aliphatic carbocycles. The van der Waals surface area contributed by atoms with E-state index < -0.39 is 38.6 Å². The molecule has 56 heavy (non-hydrogen) atoms. The number of unbranched alkanes of at least 4 members (excludes halogenated alkanes) is 28. The van der Waals surface area contributed by atoms with Crippen LogP contribution in [0.1, 0.15) is 226 Å². The maximum absolute atomic E-state index is 12.8. The molecular formula is C46H91N2O7P. The van der Waals surface area contributed by atoms with Crippen molar-refractivity contribution in [3.63, 3.8) is 0 Å². The molecule has 1 amide bonds. The molecule has 0 aliphatic heterocycles. The summed E-state index contributed by atoms with van der Waals surface area (Å²) in [5.41, 5.74) is 5.37. The fourth-order valence-electron chi connectivity index (χ4n) is 7.02. The van der Waals surface area contributed by atoms with Gasteiger partial charge in [-0.05, 0) is 32.1 Å². The van der Waals surface area contributed by atoms with E-state index in [1.165, 1.54) is 161 Å². The van der Waals surface area contributed by atoms with Gasteiger partial charge in [0.2, 0.25) is 5.91 Å². The Morgan fingerprint density at radius 2 is 1.02 bits per heavy atom. The second-order valence-corrected chi connectivity index (χ2v) is 17.6. The van der Waals surface area contributed by atoms with E-state index in [1.807, 2.05) is 6.08 Å². The van der Waals surface area contributed by atoms with Crippen LogP contribution in [0.4, 0.5) is 0 Å². The van der Waals surface area contributed by atoms with E-state index in [0.29, 0.717) is 12.8 Å². The number of phosphoric ester groups is 1. The molecule has 0 aromatic carbocycles. The predicted octanol–water partition coefficient (Wildman–Crippen LogP) is 12.3. The normalized spacial score (nSPS) is 14.8. The summed E-state index contributed by atoms with van der Waals surface area (Å²) < 4.78 is 22.1. The van der Waals surface area contributed by atoms with Crippen LogP contribution in [0.5, 0.6) is 0 Å². The van der Waals surface area contributed by atoms with E-state index in [2.05, 4.69) is 31.3 Å². The summed E-state index contributed by atoms with van der Waals surface area (Å²) in [5.74, 6) is -0.453. The van der Waals surface area contributed by atoms with Crippen molar-refractivity contribution in [1.29, 1.82) is 0 Å². The minimum Gasteiger partial charge on any atom is -0.393 e. The van der Waals surface area contributed by atoms with Crippen LogP contribution in [0.25, 0.3) is 0 Å². The molecule has 0 aromatic heterocycles. The molecule has 0 heterocycles. The summed E-state index contributed by atoms with van der Waals surface area (Å²) in [6.07, 6.45) is 45.5. The Morgan fingerprint density at radius 3 is 1.48 bits per heavy atom. The molecule has 0 saturated carbocycles. The lowest BCUT2D eigenvalue weighted by molar-refractivity contribution is -0.124. The highest BCUT2D eigenvalue weighted by atomic mass is 31.2. The first kappa shape index (κ1) is 54.9. The smallest absolute Gasteiger partial charge is 0.393 e. The van der Waals surface area contributed by atoms with E-state index in [4.69, 9.17) is 14.8 Å². The number of rotatable bonds is 44. The number of hydrogen-bond donors (Lipinski definition) is 5. The summed E-state index contributed by atoms with van der Waals surface area (Å²) >= 11 is 0. The van der Waals surface area contributed by atoms with Gasteiger partial charge in [0.05, 0.1) is 37.9 Å². The summed E-state index contributed by atoms with van der Waals surface area (Å²) in [7, 11) is -4.41. The average Bonchev–Trinajstić information content (AvgIpc) is 3.17. The SMILES string of the molecule is CCCCCCCCCCCCCCCC/C=C/CC/C=C/C(O)C(COP(=O)(O)OCCN)NC(=O)CC(O)CCCCCCCCCCCCCCCC. The highest BCUT2D eigenvalue weighted by Gasteiger charge is 2.27. The molecule has 0 aromatic rings. The first-order valence-corrected chi connectivity index (χ1v) is 25.0. The van der Waals surface area contributed by atoms with Crippen molar-refractivity contribution in [2.24, 2.45) is 5.73 Å². The van der Waals surface area contributed by atoms with Crippen molar-refractivity contribution in [3.8, 4) is 0 Å². The molecular weight excluding hydrogens is 723 g/mol. The van der Waals surface area contributed by atoms with Gasteiger partial charge in [0.15, 0.2) is 0 Å². The first-order chi connectivity index (χ1) is 27.3. The van der Waals surface area contributed by atoms with Gasteiger partial charge in [0.25, 0.3) is 0 Å². The number of carbonyl (C=O) groups is 1. The van der Waals surface area contributed by atoms with Gasteiger partial charge in [-0.3, -0.25) is 13.8 Å². The molecule has 0 bridgehead atoms. The van der Waals surface area contributed by atoms with Crippen LogP contribution in [-0.2, 0) is 18.4 Å². The van der Waals surface area contributed by atoms with Crippen molar-refractivity contribution in [3.05, 3.63) is 24.3 Å². The highest BCUT2D eigenvalue weighted by molar-refractivity contribution is 7.47. The summed E-state index contributed by atoms with van der Waals surface area (Å²) in [4.78, 5) is 22.8. The van der Waals surface area contributed by atoms with Crippen LogP contribution < -0.4 is 11.1 Å². The van der Waals surface area contributed by atoms with Crippen LogP contribution in [0.2, 0.25) is 0 Å². The third-order valence-electron chi connectivity index (χ3n) is 10.6. The van der Waals surface area contributed by atoms with Crippen LogP contribution in [0.15, 0.2) is 24.3 Å². The standard InChI is InChI=1S/C46H91N2O7P/c1-3-5-7-9-11-13-15-17-19-20-21-22-23-24-26-28-30-32-34-36-38-45(50)44(42-55-56(52,53)54-40-39-47)48-46(51)41-43(49)37-35-33-31-29-27-25-18-16-14-12-10-8-6-4-2/h28,30,36,38,43-45,49-50H,3-27,29,31-35,37,39-42,47H2,1-2H3,(H,48,51)(H,52,53)/b30-28+,38-36+. The van der Waals surface area contributed by atoms with Crippen molar-refractivity contribution in [2.45, 2.75) is 244 Å². The second-order valence-electron chi connectivity index (χ2n) is 16.2. The minimum absolute atomic E-state index is 0.0462. The molecule has 9 nitrogen and oxygen atoms in total. The molecule has 0 radical (unpaired) electrons. The Balaban J connectivity index is 4.30. The lowest BCUT2D eigenvalue weighted by Crippen LogP contribution is -2.46. The molecule has 0 aliphatic rings. The molecule has 0 fully saturated rings. The zero-order chi connectivity index (χ0) is 41.2. The van der Waals surface area contributed by atoms with Gasteiger partial charge in [-0.15, -0.1) is 0 Å². The number of hydrogen-bond acceptors (Lipinski definition) is 7. The Bertz CT molecular complexity index is 950. The number of aliphatic hydroxyl groups excluding tert-OH is 2. The zero-order valence-corrected chi connectivity index (χ0v) is 37.4. The Hall–Kier alpha value is -1.06. The van der Waals surface area contributed by atoms with E-state index in [0.717, 1.165) is 32.1 Å². The zero-order valence-electron chi connectivity index (χ0n) is 36.5. The second kappa shape index (κ2) is 42.1. The molecule has 0 rings (SSSR count). The van der Waals surface area contributed by atoms with E-state index >= 15 is 0 Å². The summed E-state index contributed by atoms with van der Waals surface area (Å²) in [6.45, 7) is 3.97. The van der Waals surface area contributed by atoms with Gasteiger partial charge in [-0.25, -0.2) is 4.57 Å². The molecule has 6 N–H and O–H groups in total. The monoisotopic (exact) mass is 815 g/mol. The third-order valence-corrected chi connectivity index (χ3v) is 11.6. The number of amides is 1. The van der Waals surface area contributed by atoms with Crippen molar-refractivity contribution in [1.82, 2.24) is 5.32 Å². The van der Waals surface area contributed by atoms with Crippen LogP contribution in [-0.4, -0.2) is 59.0 Å². The number of phosphoric acid groups is 1. The van der Waals surface area contributed by atoms with Gasteiger partial charge in [0, 0.05) is 6.54 Å². The topological polar surface area (TPSA) is 151 Å². The van der Waals surface area contributed by atoms with Crippen LogP contribution in [0.3, 0.4) is 0 Å². The first-order valence-electron chi connectivity index (χ1n) is 23.5. The maximum atomic E-state index is 12.8. The van der Waals surface area contributed by atoms with Gasteiger partial charge >= 0.3 is 7.82 Å². The lowest BCUT2D eigenvalue weighted by Gasteiger charge is -2.24. The maximum Gasteiger partial charge on any atom is 0.472 e. The number of nitrogens with two attached hydrogens (primary N) is 1. The minimum atomic E-state index is -4.41. The largest absolute Gasteiger partial charge is 0.472 e. The van der Waals surface area contributed by atoms with Crippen molar-refractivity contribution < 1.29 is 33.5 Å². The average molecular weight is 815 g/mol. The molecule has 332 valence electrons. The third kappa shape index (κ3) is 39.8. The number of nitrogens with one attached hydrogen (secondary N) is 1. The fraction of sp³-hybridized carbons (Fsp3) is 0.891. The summed E-state index contributed by atoms with van der Waals surface area (Å²) in [5, 5.41) is 24.1. The highest BCUT2D eigenvalue weighted by Crippen LogP contribution is 2.43. The molecule has 0 saturated heterocycles. The van der Waals surface area contributed by atoms with Gasteiger partial charge in [0.1, 0.15) is 0 Å². The van der Waals surface area contributed by atoms with Gasteiger partial charge in [-0.1, -0.05) is 212 Å². The van der Waals surface area contributed by atoms with Gasteiger partial charge in [-0.2, -0.15) is 0 Å². The Labute approximate surface area is 345 Å². The van der Waals surface area contributed by atoms with Crippen molar-refractivity contribution in [2.75, 3.05) is 19.8 Å². The van der Waals surface area contributed by atoms with Crippen molar-refractivity contribution >= 4 is 13.7 Å². The lowest BCUT2D eigenvalue weighted by atomic mass is 10.0. The predicted molar refractivity (Wildman–Crippen MR) is 237 cm³/mol. The summed E-state index contributed by atoms with van der Waals surface area (Å²) in [6, 6.07) is -0.996. The quantitative estimate of drug-likeness (QED) is 0.0232. The number of aliphatic hydroxyl groups is 2. The molecule has 10 heteroatoms. The van der Waals surface area contributed by atoms with Crippen LogP contribution in [0, 0.1) is 0 Å². The number of allylic oxidation sites excluding steroid dienone is 3.